The SMILES string of the molecule is CC1CCNC1C(=O)N(C)c1ccc(F)cc1. The third-order valence-electron chi connectivity index (χ3n) is 3.34. The van der Waals surface area contributed by atoms with Crippen molar-refractivity contribution in [3.63, 3.8) is 0 Å². The maximum Gasteiger partial charge on any atom is 0.244 e. The van der Waals surface area contributed by atoms with E-state index >= 15 is 0 Å². The summed E-state index contributed by atoms with van der Waals surface area (Å²) in [5.41, 5.74) is 0.720. The Bertz CT molecular complexity index is 404. The van der Waals surface area contributed by atoms with Crippen LogP contribution in [0.25, 0.3) is 0 Å². The molecule has 2 unspecified atom stereocenters. The molecule has 1 heterocycles. The van der Waals surface area contributed by atoms with Crippen molar-refractivity contribution in [1.82, 2.24) is 5.32 Å². The normalized spacial score (nSPS) is 23.7. The minimum atomic E-state index is -0.290. The Labute approximate surface area is 101 Å². The number of amides is 1. The molecule has 92 valence electrons. The summed E-state index contributed by atoms with van der Waals surface area (Å²) in [6.45, 7) is 2.95. The standard InChI is InChI=1S/C13H17FN2O/c1-9-7-8-15-12(9)13(17)16(2)11-5-3-10(14)4-6-11/h3-6,9,12,15H,7-8H2,1-2H3. The zero-order chi connectivity index (χ0) is 12.4. The molecule has 1 aromatic rings. The van der Waals surface area contributed by atoms with Crippen LogP contribution in [0.15, 0.2) is 24.3 Å². The second-order valence-corrected chi connectivity index (χ2v) is 4.57. The highest BCUT2D eigenvalue weighted by Crippen LogP contribution is 2.20. The van der Waals surface area contributed by atoms with Crippen molar-refractivity contribution in [2.24, 2.45) is 5.92 Å². The summed E-state index contributed by atoms with van der Waals surface area (Å²) in [4.78, 5) is 13.8. The molecule has 1 aliphatic rings. The van der Waals surface area contributed by atoms with E-state index in [0.29, 0.717) is 5.92 Å². The fraction of sp³-hybridized carbons (Fsp3) is 0.462. The molecule has 1 aliphatic heterocycles. The Morgan fingerprint density at radius 1 is 1.41 bits per heavy atom. The van der Waals surface area contributed by atoms with Gasteiger partial charge in [0.25, 0.3) is 0 Å². The summed E-state index contributed by atoms with van der Waals surface area (Å²) < 4.78 is 12.8. The smallest absolute Gasteiger partial charge is 0.244 e. The Hall–Kier alpha value is -1.42. The maximum atomic E-state index is 12.8. The summed E-state index contributed by atoms with van der Waals surface area (Å²) >= 11 is 0. The summed E-state index contributed by atoms with van der Waals surface area (Å²) in [5.74, 6) is 0.106. The van der Waals surface area contributed by atoms with Gasteiger partial charge in [0.2, 0.25) is 5.91 Å². The zero-order valence-corrected chi connectivity index (χ0v) is 10.1. The second-order valence-electron chi connectivity index (χ2n) is 4.57. The molecule has 0 spiro atoms. The van der Waals surface area contributed by atoms with Gasteiger partial charge in [0.15, 0.2) is 0 Å². The first kappa shape index (κ1) is 12.0. The number of nitrogens with one attached hydrogen (secondary N) is 1. The number of benzene rings is 1. The van der Waals surface area contributed by atoms with Crippen molar-refractivity contribution in [1.29, 1.82) is 0 Å². The number of anilines is 1. The Morgan fingerprint density at radius 2 is 2.06 bits per heavy atom. The lowest BCUT2D eigenvalue weighted by Crippen LogP contribution is -2.44. The largest absolute Gasteiger partial charge is 0.314 e. The number of carbonyl (C=O) groups excluding carboxylic acids is 1. The Kier molecular flexibility index (Phi) is 3.43. The van der Waals surface area contributed by atoms with Gasteiger partial charge in [0.1, 0.15) is 5.82 Å². The highest BCUT2D eigenvalue weighted by Gasteiger charge is 2.31. The summed E-state index contributed by atoms with van der Waals surface area (Å²) in [6.07, 6.45) is 1.02. The molecule has 1 fully saturated rings. The van der Waals surface area contributed by atoms with Crippen LogP contribution in [-0.2, 0) is 4.79 Å². The first-order valence-electron chi connectivity index (χ1n) is 5.86. The van der Waals surface area contributed by atoms with E-state index in [2.05, 4.69) is 12.2 Å². The number of nitrogens with zero attached hydrogens (tertiary/aromatic N) is 1. The van der Waals surface area contributed by atoms with Crippen molar-refractivity contribution in [3.8, 4) is 0 Å². The van der Waals surface area contributed by atoms with E-state index < -0.39 is 0 Å². The van der Waals surface area contributed by atoms with Crippen LogP contribution >= 0.6 is 0 Å². The van der Waals surface area contributed by atoms with E-state index in [9.17, 15) is 9.18 Å². The first-order valence-corrected chi connectivity index (χ1v) is 5.86. The fourth-order valence-electron chi connectivity index (χ4n) is 2.17. The van der Waals surface area contributed by atoms with Crippen molar-refractivity contribution >= 4 is 11.6 Å². The quantitative estimate of drug-likeness (QED) is 0.849. The molecule has 17 heavy (non-hydrogen) atoms. The van der Waals surface area contributed by atoms with Crippen LogP contribution in [0.3, 0.4) is 0 Å². The molecule has 1 aromatic carbocycles. The van der Waals surface area contributed by atoms with Gasteiger partial charge in [0.05, 0.1) is 6.04 Å². The maximum absolute atomic E-state index is 12.8. The van der Waals surface area contributed by atoms with Gasteiger partial charge in [-0.1, -0.05) is 6.92 Å². The molecule has 2 atom stereocenters. The summed E-state index contributed by atoms with van der Waals surface area (Å²) in [6, 6.07) is 5.85. The lowest BCUT2D eigenvalue weighted by Gasteiger charge is -2.23. The third-order valence-corrected chi connectivity index (χ3v) is 3.34. The number of hydrogen-bond donors (Lipinski definition) is 1. The average Bonchev–Trinajstić information content (AvgIpc) is 2.74. The predicted molar refractivity (Wildman–Crippen MR) is 65.4 cm³/mol. The number of rotatable bonds is 2. The molecule has 4 heteroatoms. The molecule has 1 amide bonds. The van der Waals surface area contributed by atoms with Crippen LogP contribution in [0.5, 0.6) is 0 Å². The van der Waals surface area contributed by atoms with Crippen molar-refractivity contribution in [3.05, 3.63) is 30.1 Å². The van der Waals surface area contributed by atoms with Gasteiger partial charge in [0, 0.05) is 12.7 Å². The van der Waals surface area contributed by atoms with Gasteiger partial charge in [-0.05, 0) is 43.1 Å². The predicted octanol–water partition coefficient (Wildman–Crippen LogP) is 1.79. The minimum Gasteiger partial charge on any atom is -0.314 e. The highest BCUT2D eigenvalue weighted by molar-refractivity contribution is 5.97. The molecule has 1 saturated heterocycles. The number of likely N-dealkylation sites (N-methyl/N-ethyl adjacent to an activating group) is 1. The molecule has 0 radical (unpaired) electrons. The first-order chi connectivity index (χ1) is 8.09. The van der Waals surface area contributed by atoms with E-state index in [1.165, 1.54) is 12.1 Å². The highest BCUT2D eigenvalue weighted by atomic mass is 19.1. The van der Waals surface area contributed by atoms with Crippen LogP contribution < -0.4 is 10.2 Å². The van der Waals surface area contributed by atoms with Gasteiger partial charge in [-0.2, -0.15) is 0 Å². The molecule has 2 rings (SSSR count). The molecular formula is C13H17FN2O. The van der Waals surface area contributed by atoms with Gasteiger partial charge in [-0.3, -0.25) is 4.79 Å². The number of carbonyl (C=O) groups is 1. The molecule has 3 nitrogen and oxygen atoms in total. The van der Waals surface area contributed by atoms with E-state index in [4.69, 9.17) is 0 Å². The molecular weight excluding hydrogens is 219 g/mol. The van der Waals surface area contributed by atoms with Gasteiger partial charge < -0.3 is 10.2 Å². The zero-order valence-electron chi connectivity index (χ0n) is 10.1. The molecule has 0 saturated carbocycles. The topological polar surface area (TPSA) is 32.3 Å². The molecule has 0 bridgehead atoms. The van der Waals surface area contributed by atoms with Gasteiger partial charge in [-0.15, -0.1) is 0 Å². The van der Waals surface area contributed by atoms with Crippen LogP contribution in [0.4, 0.5) is 10.1 Å². The summed E-state index contributed by atoms with van der Waals surface area (Å²) in [5, 5.41) is 3.20. The summed E-state index contributed by atoms with van der Waals surface area (Å²) in [7, 11) is 1.72. The van der Waals surface area contributed by atoms with Crippen LogP contribution in [0.2, 0.25) is 0 Å². The Morgan fingerprint density at radius 3 is 2.59 bits per heavy atom. The molecule has 0 aromatic heterocycles. The lowest BCUT2D eigenvalue weighted by molar-refractivity contribution is -0.120. The minimum absolute atomic E-state index is 0.0432. The van der Waals surface area contributed by atoms with Gasteiger partial charge in [-0.25, -0.2) is 4.39 Å². The van der Waals surface area contributed by atoms with Crippen molar-refractivity contribution in [2.45, 2.75) is 19.4 Å². The lowest BCUT2D eigenvalue weighted by atomic mass is 10.0. The molecule has 0 aliphatic carbocycles. The fourth-order valence-corrected chi connectivity index (χ4v) is 2.17. The van der Waals surface area contributed by atoms with Gasteiger partial charge >= 0.3 is 0 Å². The van der Waals surface area contributed by atoms with Crippen molar-refractivity contribution in [2.75, 3.05) is 18.5 Å². The number of hydrogen-bond acceptors (Lipinski definition) is 2. The molecule has 1 N–H and O–H groups in total. The van der Waals surface area contributed by atoms with Crippen LogP contribution in [0.1, 0.15) is 13.3 Å². The van der Waals surface area contributed by atoms with E-state index in [0.717, 1.165) is 18.7 Å². The van der Waals surface area contributed by atoms with E-state index in [-0.39, 0.29) is 17.8 Å². The van der Waals surface area contributed by atoms with E-state index in [1.54, 1.807) is 24.1 Å². The Balaban J connectivity index is 2.11. The number of halogens is 1. The second kappa shape index (κ2) is 4.84. The average molecular weight is 236 g/mol. The van der Waals surface area contributed by atoms with E-state index in [1.807, 2.05) is 0 Å². The van der Waals surface area contributed by atoms with Crippen molar-refractivity contribution < 1.29 is 9.18 Å². The van der Waals surface area contributed by atoms with Crippen LogP contribution in [0, 0.1) is 11.7 Å². The third kappa shape index (κ3) is 2.47. The monoisotopic (exact) mass is 236 g/mol. The van der Waals surface area contributed by atoms with Crippen LogP contribution in [-0.4, -0.2) is 25.5 Å².